The second kappa shape index (κ2) is 7.24. The number of ketones is 1. The molecule has 5 aliphatic carbocycles. The third-order valence-electron chi connectivity index (χ3n) is 10.2. The molecule has 6 fully saturated rings. The summed E-state index contributed by atoms with van der Waals surface area (Å²) in [5, 5.41) is 11.0. The van der Waals surface area contributed by atoms with E-state index in [0.717, 1.165) is 19.3 Å². The molecule has 0 aromatic heterocycles. The topological polar surface area (TPSA) is 113 Å². The first kappa shape index (κ1) is 22.4. The Kier molecular flexibility index (Phi) is 4.64. The number of esters is 2. The van der Waals surface area contributed by atoms with Crippen LogP contribution in [0.25, 0.3) is 0 Å². The van der Waals surface area contributed by atoms with Crippen molar-refractivity contribution in [2.45, 2.75) is 58.0 Å². The highest BCUT2D eigenvalue weighted by atomic mass is 16.6. The summed E-state index contributed by atoms with van der Waals surface area (Å²) in [4.78, 5) is 51.2. The third kappa shape index (κ3) is 2.76. The standard InChI is InChI=1S/C27H29NO7/c1-15-17-8-11-27(22(15)29)20(12-17)26-10-3-9-25(2,14-34-24(26)31)19(26)13-21(27)35-23(30)16-4-6-18(7-5-16)28(32)33/h4-7,17,19-21H,1,3,8-14H2,2H3/t17-,19?,20?,21+,25-,26-,27+/m0/s1. The SMILES string of the molecule is C=C1C(=O)[C@]23CC[C@H]1CC2[C@@]12CCC[C@@](C)(COC1=O)C2C[C@H]3OC(=O)c1ccc([N+](=O)[O-])cc1. The molecule has 7 rings (SSSR count). The van der Waals surface area contributed by atoms with Crippen molar-refractivity contribution in [3.8, 4) is 0 Å². The molecule has 1 spiro atoms. The van der Waals surface area contributed by atoms with Gasteiger partial charge in [-0.25, -0.2) is 4.79 Å². The van der Waals surface area contributed by atoms with Crippen LogP contribution in [0.5, 0.6) is 0 Å². The van der Waals surface area contributed by atoms with Crippen LogP contribution >= 0.6 is 0 Å². The van der Waals surface area contributed by atoms with Gasteiger partial charge in [0, 0.05) is 17.5 Å². The Balaban J connectivity index is 1.43. The lowest BCUT2D eigenvalue weighted by Crippen LogP contribution is -2.73. The predicted octanol–water partition coefficient (Wildman–Crippen LogP) is 4.42. The van der Waals surface area contributed by atoms with Gasteiger partial charge < -0.3 is 9.47 Å². The monoisotopic (exact) mass is 479 g/mol. The van der Waals surface area contributed by atoms with Crippen LogP contribution in [-0.4, -0.2) is 35.4 Å². The molecule has 0 N–H and O–H groups in total. The Bertz CT molecular complexity index is 1170. The van der Waals surface area contributed by atoms with Crippen LogP contribution in [-0.2, 0) is 19.1 Å². The number of benzene rings is 1. The summed E-state index contributed by atoms with van der Waals surface area (Å²) in [6, 6.07) is 5.31. The van der Waals surface area contributed by atoms with Crippen LogP contribution in [0.1, 0.15) is 62.2 Å². The number of cyclic esters (lactones) is 1. The van der Waals surface area contributed by atoms with E-state index in [2.05, 4.69) is 13.5 Å². The molecule has 7 atom stereocenters. The number of allylic oxidation sites excluding steroid dienone is 1. The number of fused-ring (bicyclic) bond motifs is 2. The van der Waals surface area contributed by atoms with E-state index in [9.17, 15) is 24.5 Å². The number of Topliss-reactive ketones (excluding diaryl/α,β-unsaturated/α-hetero) is 1. The van der Waals surface area contributed by atoms with E-state index in [1.807, 2.05) is 0 Å². The van der Waals surface area contributed by atoms with Gasteiger partial charge in [0.05, 0.1) is 27.9 Å². The highest BCUT2D eigenvalue weighted by Gasteiger charge is 2.76. The lowest BCUT2D eigenvalue weighted by atomic mass is 9.35. The molecular formula is C27H29NO7. The van der Waals surface area contributed by atoms with Crippen molar-refractivity contribution in [1.82, 2.24) is 0 Å². The van der Waals surface area contributed by atoms with Crippen molar-refractivity contribution in [1.29, 1.82) is 0 Å². The lowest BCUT2D eigenvalue weighted by molar-refractivity contribution is -0.384. The van der Waals surface area contributed by atoms with Crippen LogP contribution in [0.2, 0.25) is 0 Å². The van der Waals surface area contributed by atoms with E-state index < -0.39 is 27.8 Å². The molecule has 8 nitrogen and oxygen atoms in total. The summed E-state index contributed by atoms with van der Waals surface area (Å²) in [6.07, 6.45) is 4.36. The molecular weight excluding hydrogens is 450 g/mol. The number of hydrogen-bond donors (Lipinski definition) is 0. The van der Waals surface area contributed by atoms with Gasteiger partial charge in [-0.2, -0.15) is 0 Å². The minimum Gasteiger partial charge on any atom is -0.465 e. The molecule has 1 aromatic rings. The average Bonchev–Trinajstić information content (AvgIpc) is 2.85. The minimum absolute atomic E-state index is 0.0318. The predicted molar refractivity (Wildman–Crippen MR) is 123 cm³/mol. The summed E-state index contributed by atoms with van der Waals surface area (Å²) in [6.45, 7) is 6.62. The first-order valence-electron chi connectivity index (χ1n) is 12.5. The van der Waals surface area contributed by atoms with Crippen molar-refractivity contribution in [3.05, 3.63) is 52.1 Å². The zero-order valence-corrected chi connectivity index (χ0v) is 19.8. The third-order valence-corrected chi connectivity index (χ3v) is 10.2. The summed E-state index contributed by atoms with van der Waals surface area (Å²) in [5.74, 6) is -1.08. The van der Waals surface area contributed by atoms with E-state index in [0.29, 0.717) is 37.9 Å². The summed E-state index contributed by atoms with van der Waals surface area (Å²) in [7, 11) is 0. The molecule has 1 heterocycles. The van der Waals surface area contributed by atoms with E-state index in [1.54, 1.807) is 0 Å². The molecule has 1 aromatic carbocycles. The fourth-order valence-electron chi connectivity index (χ4n) is 8.56. The normalized spacial score (nSPS) is 41.5. The zero-order chi connectivity index (χ0) is 24.8. The largest absolute Gasteiger partial charge is 0.465 e. The van der Waals surface area contributed by atoms with Gasteiger partial charge in [-0.05, 0) is 74.0 Å². The summed E-state index contributed by atoms with van der Waals surface area (Å²) < 4.78 is 12.0. The number of carbonyl (C=O) groups is 3. The maximum absolute atomic E-state index is 13.9. The quantitative estimate of drug-likeness (QED) is 0.273. The highest BCUT2D eigenvalue weighted by Crippen LogP contribution is 2.73. The van der Waals surface area contributed by atoms with Gasteiger partial charge >= 0.3 is 11.9 Å². The molecule has 2 unspecified atom stereocenters. The van der Waals surface area contributed by atoms with Crippen molar-refractivity contribution >= 4 is 23.4 Å². The maximum Gasteiger partial charge on any atom is 0.338 e. The zero-order valence-electron chi connectivity index (χ0n) is 19.8. The molecule has 6 aliphatic rings. The van der Waals surface area contributed by atoms with E-state index in [4.69, 9.17) is 9.47 Å². The lowest BCUT2D eigenvalue weighted by Gasteiger charge is -2.69. The van der Waals surface area contributed by atoms with Crippen LogP contribution < -0.4 is 0 Å². The second-order valence-corrected chi connectivity index (χ2v) is 11.5. The van der Waals surface area contributed by atoms with Crippen molar-refractivity contribution in [2.75, 3.05) is 6.61 Å². The maximum atomic E-state index is 13.9. The number of carbonyl (C=O) groups excluding carboxylic acids is 3. The van der Waals surface area contributed by atoms with Gasteiger partial charge in [0.2, 0.25) is 0 Å². The van der Waals surface area contributed by atoms with E-state index in [1.165, 1.54) is 24.3 Å². The highest BCUT2D eigenvalue weighted by molar-refractivity contribution is 6.03. The molecule has 184 valence electrons. The number of nitro groups is 1. The molecule has 1 aliphatic heterocycles. The Morgan fingerprint density at radius 1 is 1.11 bits per heavy atom. The van der Waals surface area contributed by atoms with Gasteiger partial charge in [-0.15, -0.1) is 0 Å². The fraction of sp³-hybridized carbons (Fsp3) is 0.593. The Morgan fingerprint density at radius 3 is 2.57 bits per heavy atom. The number of rotatable bonds is 3. The fourth-order valence-corrected chi connectivity index (χ4v) is 8.56. The molecule has 4 bridgehead atoms. The smallest absolute Gasteiger partial charge is 0.338 e. The molecule has 1 saturated heterocycles. The Labute approximate surface area is 203 Å². The first-order valence-corrected chi connectivity index (χ1v) is 12.5. The van der Waals surface area contributed by atoms with Crippen LogP contribution in [0.4, 0.5) is 5.69 Å². The average molecular weight is 480 g/mol. The van der Waals surface area contributed by atoms with E-state index in [-0.39, 0.29) is 46.2 Å². The van der Waals surface area contributed by atoms with Gasteiger partial charge in [-0.1, -0.05) is 19.9 Å². The van der Waals surface area contributed by atoms with Gasteiger partial charge in [0.1, 0.15) is 6.10 Å². The number of nitro benzene ring substituents is 1. The van der Waals surface area contributed by atoms with Crippen LogP contribution in [0.15, 0.2) is 36.4 Å². The van der Waals surface area contributed by atoms with E-state index >= 15 is 0 Å². The Hall–Kier alpha value is -3.03. The molecule has 8 heteroatoms. The van der Waals surface area contributed by atoms with Crippen molar-refractivity contribution in [2.24, 2.45) is 34.0 Å². The first-order chi connectivity index (χ1) is 16.6. The number of nitrogens with zero attached hydrogens (tertiary/aromatic N) is 1. The van der Waals surface area contributed by atoms with Gasteiger partial charge in [-0.3, -0.25) is 19.7 Å². The number of non-ortho nitro benzene ring substituents is 1. The van der Waals surface area contributed by atoms with Crippen molar-refractivity contribution in [3.63, 3.8) is 0 Å². The summed E-state index contributed by atoms with van der Waals surface area (Å²) >= 11 is 0. The molecule has 0 radical (unpaired) electrons. The van der Waals surface area contributed by atoms with Crippen LogP contribution in [0, 0.1) is 44.1 Å². The summed E-state index contributed by atoms with van der Waals surface area (Å²) in [5.41, 5.74) is -1.25. The van der Waals surface area contributed by atoms with Crippen molar-refractivity contribution < 1.29 is 28.8 Å². The number of ether oxygens (including phenoxy) is 2. The Morgan fingerprint density at radius 2 is 1.86 bits per heavy atom. The van der Waals surface area contributed by atoms with Crippen LogP contribution in [0.3, 0.4) is 0 Å². The second-order valence-electron chi connectivity index (χ2n) is 11.5. The number of hydrogen-bond acceptors (Lipinski definition) is 7. The van der Waals surface area contributed by atoms with Gasteiger partial charge in [0.15, 0.2) is 5.78 Å². The van der Waals surface area contributed by atoms with Gasteiger partial charge in [0.25, 0.3) is 5.69 Å². The molecule has 35 heavy (non-hydrogen) atoms. The minimum atomic E-state index is -0.979. The molecule has 5 saturated carbocycles. The molecule has 0 amide bonds.